The normalized spacial score (nSPS) is 24.1. The van der Waals surface area contributed by atoms with Crippen LogP contribution in [0.3, 0.4) is 0 Å². The van der Waals surface area contributed by atoms with Gasteiger partial charge in [0.25, 0.3) is 0 Å². The smallest absolute Gasteiger partial charge is 0.225 e. The SMILES string of the molecule is COc1cccc(CCN2C[C@@H]3CCN(c4ncc(F)cn4)CC[C@@H]3S2(=O)=O)c1. The third-order valence-electron chi connectivity index (χ3n) is 5.83. The van der Waals surface area contributed by atoms with Gasteiger partial charge in [-0.05, 0) is 42.9 Å². The highest BCUT2D eigenvalue weighted by atomic mass is 32.2. The van der Waals surface area contributed by atoms with Crippen LogP contribution in [-0.2, 0) is 16.4 Å². The lowest BCUT2D eigenvalue weighted by Crippen LogP contribution is -2.33. The van der Waals surface area contributed by atoms with Crippen LogP contribution in [0.4, 0.5) is 10.3 Å². The average molecular weight is 421 g/mol. The van der Waals surface area contributed by atoms with Crippen molar-refractivity contribution in [3.05, 3.63) is 48.0 Å². The number of benzene rings is 1. The Morgan fingerprint density at radius 3 is 2.72 bits per heavy atom. The predicted molar refractivity (Wildman–Crippen MR) is 108 cm³/mol. The van der Waals surface area contributed by atoms with E-state index in [-0.39, 0.29) is 11.2 Å². The fraction of sp³-hybridized carbons (Fsp3) is 0.500. The monoisotopic (exact) mass is 420 g/mol. The Hall–Kier alpha value is -2.26. The van der Waals surface area contributed by atoms with Gasteiger partial charge in [0.1, 0.15) is 5.75 Å². The van der Waals surface area contributed by atoms with E-state index in [1.807, 2.05) is 29.2 Å². The lowest BCUT2D eigenvalue weighted by atomic mass is 10.0. The second kappa shape index (κ2) is 8.23. The van der Waals surface area contributed by atoms with Crippen molar-refractivity contribution in [2.45, 2.75) is 24.5 Å². The van der Waals surface area contributed by atoms with E-state index < -0.39 is 15.8 Å². The van der Waals surface area contributed by atoms with E-state index in [0.717, 1.165) is 30.1 Å². The number of methoxy groups -OCH3 is 1. The molecule has 29 heavy (non-hydrogen) atoms. The summed E-state index contributed by atoms with van der Waals surface area (Å²) in [7, 11) is -1.71. The molecule has 2 fully saturated rings. The van der Waals surface area contributed by atoms with Gasteiger partial charge in [0.2, 0.25) is 16.0 Å². The van der Waals surface area contributed by atoms with Gasteiger partial charge in [-0.2, -0.15) is 0 Å². The minimum Gasteiger partial charge on any atom is -0.497 e. The predicted octanol–water partition coefficient (Wildman–Crippen LogP) is 2.10. The highest BCUT2D eigenvalue weighted by molar-refractivity contribution is 7.90. The summed E-state index contributed by atoms with van der Waals surface area (Å²) >= 11 is 0. The van der Waals surface area contributed by atoms with E-state index in [9.17, 15) is 12.8 Å². The molecule has 1 aromatic heterocycles. The number of halogens is 1. The van der Waals surface area contributed by atoms with Crippen LogP contribution < -0.4 is 9.64 Å². The third-order valence-corrected chi connectivity index (χ3v) is 8.27. The Kier molecular flexibility index (Phi) is 5.69. The first kappa shape index (κ1) is 20.0. The summed E-state index contributed by atoms with van der Waals surface area (Å²) in [5.41, 5.74) is 1.06. The van der Waals surface area contributed by atoms with Crippen molar-refractivity contribution in [2.24, 2.45) is 5.92 Å². The number of anilines is 1. The number of fused-ring (bicyclic) bond motifs is 1. The number of sulfonamides is 1. The van der Waals surface area contributed by atoms with Crippen molar-refractivity contribution in [3.8, 4) is 5.75 Å². The van der Waals surface area contributed by atoms with E-state index in [4.69, 9.17) is 4.74 Å². The first-order chi connectivity index (χ1) is 14.0. The molecule has 0 spiro atoms. The van der Waals surface area contributed by atoms with Crippen molar-refractivity contribution in [3.63, 3.8) is 0 Å². The van der Waals surface area contributed by atoms with E-state index in [2.05, 4.69) is 9.97 Å². The molecule has 0 radical (unpaired) electrons. The average Bonchev–Trinajstić information content (AvgIpc) is 2.86. The zero-order valence-corrected chi connectivity index (χ0v) is 17.2. The van der Waals surface area contributed by atoms with Gasteiger partial charge in [0, 0.05) is 26.2 Å². The third kappa shape index (κ3) is 4.20. The van der Waals surface area contributed by atoms with Crippen LogP contribution >= 0.6 is 0 Å². The maximum atomic E-state index is 13.1. The summed E-state index contributed by atoms with van der Waals surface area (Å²) in [5, 5.41) is -0.377. The lowest BCUT2D eigenvalue weighted by molar-refractivity contribution is 0.387. The summed E-state index contributed by atoms with van der Waals surface area (Å²) in [6.45, 7) is 2.25. The molecule has 0 saturated carbocycles. The molecule has 9 heteroatoms. The second-order valence-electron chi connectivity index (χ2n) is 7.57. The highest BCUT2D eigenvalue weighted by Gasteiger charge is 2.46. The van der Waals surface area contributed by atoms with Crippen molar-refractivity contribution >= 4 is 16.0 Å². The molecule has 2 aliphatic rings. The molecule has 2 atom stereocenters. The highest BCUT2D eigenvalue weighted by Crippen LogP contribution is 2.35. The first-order valence-corrected chi connectivity index (χ1v) is 11.3. The Balaban J connectivity index is 1.41. The number of hydrogen-bond acceptors (Lipinski definition) is 6. The molecule has 2 aromatic rings. The molecule has 1 aromatic carbocycles. The number of rotatable bonds is 5. The van der Waals surface area contributed by atoms with Gasteiger partial charge in [-0.15, -0.1) is 0 Å². The molecule has 0 N–H and O–H groups in total. The van der Waals surface area contributed by atoms with E-state index >= 15 is 0 Å². The standard InChI is InChI=1S/C20H25FN4O3S/c1-28-18-4-2-3-15(11-18)5-10-25-14-16-6-8-24(9-7-19(16)29(25,26)27)20-22-12-17(21)13-23-20/h2-4,11-13,16,19H,5-10,14H2,1H3/t16-,19-/m0/s1. The zero-order valence-electron chi connectivity index (χ0n) is 16.4. The number of hydrogen-bond donors (Lipinski definition) is 0. The number of nitrogens with zero attached hydrogens (tertiary/aromatic N) is 4. The summed E-state index contributed by atoms with van der Waals surface area (Å²) in [4.78, 5) is 10.0. The zero-order chi connectivity index (χ0) is 20.4. The van der Waals surface area contributed by atoms with Gasteiger partial charge < -0.3 is 9.64 Å². The minimum atomic E-state index is -3.33. The minimum absolute atomic E-state index is 0.0933. The number of aromatic nitrogens is 2. The molecule has 0 bridgehead atoms. The Bertz CT molecular complexity index is 954. The number of ether oxygens (including phenoxy) is 1. The van der Waals surface area contributed by atoms with E-state index in [1.54, 1.807) is 11.4 Å². The van der Waals surface area contributed by atoms with Crippen LogP contribution in [-0.4, -0.2) is 61.2 Å². The van der Waals surface area contributed by atoms with Gasteiger partial charge >= 0.3 is 0 Å². The van der Waals surface area contributed by atoms with Gasteiger partial charge in [-0.1, -0.05) is 12.1 Å². The van der Waals surface area contributed by atoms with Crippen molar-refractivity contribution in [2.75, 3.05) is 38.2 Å². The molecule has 2 saturated heterocycles. The van der Waals surface area contributed by atoms with Crippen LogP contribution in [0, 0.1) is 11.7 Å². The van der Waals surface area contributed by atoms with Crippen LogP contribution in [0.25, 0.3) is 0 Å². The molecule has 4 rings (SSSR count). The molecule has 0 unspecified atom stereocenters. The molecule has 2 aliphatic heterocycles. The largest absolute Gasteiger partial charge is 0.497 e. The molecule has 0 aliphatic carbocycles. The van der Waals surface area contributed by atoms with Crippen LogP contribution in [0.1, 0.15) is 18.4 Å². The Morgan fingerprint density at radius 1 is 1.21 bits per heavy atom. The van der Waals surface area contributed by atoms with Gasteiger partial charge in [-0.3, -0.25) is 0 Å². The van der Waals surface area contributed by atoms with Crippen molar-refractivity contribution < 1.29 is 17.5 Å². The van der Waals surface area contributed by atoms with Crippen LogP contribution in [0.15, 0.2) is 36.7 Å². The Labute approximate surface area is 170 Å². The van der Waals surface area contributed by atoms with E-state index in [1.165, 1.54) is 0 Å². The van der Waals surface area contributed by atoms with Crippen molar-refractivity contribution in [1.29, 1.82) is 0 Å². The molecular weight excluding hydrogens is 395 g/mol. The maximum absolute atomic E-state index is 13.1. The maximum Gasteiger partial charge on any atom is 0.225 e. The summed E-state index contributed by atoms with van der Waals surface area (Å²) in [6.07, 6.45) is 4.23. The van der Waals surface area contributed by atoms with Crippen molar-refractivity contribution in [1.82, 2.24) is 14.3 Å². The molecule has 3 heterocycles. The molecule has 156 valence electrons. The molecular formula is C20H25FN4O3S. The topological polar surface area (TPSA) is 75.6 Å². The van der Waals surface area contributed by atoms with Crippen LogP contribution in [0.2, 0.25) is 0 Å². The second-order valence-corrected chi connectivity index (χ2v) is 9.72. The quantitative estimate of drug-likeness (QED) is 0.737. The molecule has 0 amide bonds. The summed E-state index contributed by atoms with van der Waals surface area (Å²) in [5.74, 6) is 0.851. The Morgan fingerprint density at radius 2 is 1.97 bits per heavy atom. The van der Waals surface area contributed by atoms with Gasteiger partial charge in [-0.25, -0.2) is 27.1 Å². The summed E-state index contributed by atoms with van der Waals surface area (Å²) in [6, 6.07) is 7.73. The van der Waals surface area contributed by atoms with Gasteiger partial charge in [0.15, 0.2) is 5.82 Å². The van der Waals surface area contributed by atoms with Crippen LogP contribution in [0.5, 0.6) is 5.75 Å². The first-order valence-electron chi connectivity index (χ1n) is 9.82. The molecule has 7 nitrogen and oxygen atoms in total. The van der Waals surface area contributed by atoms with Gasteiger partial charge in [0.05, 0.1) is 24.8 Å². The fourth-order valence-corrected chi connectivity index (χ4v) is 6.50. The van der Waals surface area contributed by atoms with E-state index in [0.29, 0.717) is 45.0 Å². The summed E-state index contributed by atoms with van der Waals surface area (Å²) < 4.78 is 46.2. The lowest BCUT2D eigenvalue weighted by Gasteiger charge is -2.22. The fourth-order valence-electron chi connectivity index (χ4n) is 4.27.